The second-order valence-electron chi connectivity index (χ2n) is 4.54. The zero-order valence-corrected chi connectivity index (χ0v) is 11.4. The molecule has 2 rings (SSSR count). The molecule has 1 aromatic rings. The van der Waals surface area contributed by atoms with E-state index < -0.39 is 0 Å². The van der Waals surface area contributed by atoms with Crippen molar-refractivity contribution in [2.45, 2.75) is 13.5 Å². The van der Waals surface area contributed by atoms with Gasteiger partial charge in [0.2, 0.25) is 0 Å². The highest BCUT2D eigenvalue weighted by atomic mass is 16.1. The number of benzene rings is 1. The van der Waals surface area contributed by atoms with Crippen molar-refractivity contribution in [3.05, 3.63) is 35.4 Å². The predicted molar refractivity (Wildman–Crippen MR) is 76.2 cm³/mol. The predicted octanol–water partition coefficient (Wildman–Crippen LogP) is 0.827. The molecule has 5 heteroatoms. The second-order valence-corrected chi connectivity index (χ2v) is 4.54. The maximum Gasteiger partial charge on any atom is 0.251 e. The molecule has 0 saturated carbocycles. The number of likely N-dealkylation sites (N-methyl/N-ethyl adjacent to an activating group) is 1. The van der Waals surface area contributed by atoms with E-state index in [1.807, 2.05) is 38.2 Å². The number of hydrogen-bond acceptors (Lipinski definition) is 4. The zero-order valence-electron chi connectivity index (χ0n) is 11.4. The molecule has 19 heavy (non-hydrogen) atoms. The van der Waals surface area contributed by atoms with Gasteiger partial charge in [0.05, 0.1) is 6.54 Å². The molecule has 0 bridgehead atoms. The van der Waals surface area contributed by atoms with Gasteiger partial charge in [-0.25, -0.2) is 0 Å². The van der Waals surface area contributed by atoms with Crippen LogP contribution < -0.4 is 10.6 Å². The Labute approximate surface area is 113 Å². The third-order valence-corrected chi connectivity index (χ3v) is 3.04. The number of hydrogen-bond donors (Lipinski definition) is 2. The molecule has 1 aromatic carbocycles. The van der Waals surface area contributed by atoms with Crippen LogP contribution in [-0.2, 0) is 6.54 Å². The van der Waals surface area contributed by atoms with E-state index in [4.69, 9.17) is 0 Å². The lowest BCUT2D eigenvalue weighted by molar-refractivity contribution is 0.0955. The summed E-state index contributed by atoms with van der Waals surface area (Å²) >= 11 is 0. The molecule has 0 unspecified atom stereocenters. The molecule has 1 aliphatic rings. The van der Waals surface area contributed by atoms with Crippen molar-refractivity contribution in [1.29, 1.82) is 0 Å². The molecular weight excluding hydrogens is 240 g/mol. The van der Waals surface area contributed by atoms with Gasteiger partial charge < -0.3 is 15.5 Å². The molecule has 5 nitrogen and oxygen atoms in total. The fourth-order valence-corrected chi connectivity index (χ4v) is 1.99. The molecule has 0 saturated heterocycles. The lowest BCUT2D eigenvalue weighted by Gasteiger charge is -2.15. The van der Waals surface area contributed by atoms with E-state index in [1.165, 1.54) is 0 Å². The lowest BCUT2D eigenvalue weighted by Crippen LogP contribution is -2.35. The van der Waals surface area contributed by atoms with E-state index in [9.17, 15) is 4.79 Å². The number of guanidine groups is 1. The zero-order chi connectivity index (χ0) is 13.7. The molecule has 0 fully saturated rings. The highest BCUT2D eigenvalue weighted by Gasteiger charge is 2.11. The summed E-state index contributed by atoms with van der Waals surface area (Å²) in [6.07, 6.45) is 0. The van der Waals surface area contributed by atoms with Gasteiger partial charge in [-0.15, -0.1) is 0 Å². The van der Waals surface area contributed by atoms with Crippen molar-refractivity contribution in [1.82, 2.24) is 15.5 Å². The Morgan fingerprint density at radius 1 is 1.47 bits per heavy atom. The van der Waals surface area contributed by atoms with Crippen LogP contribution in [0.1, 0.15) is 22.8 Å². The fraction of sp³-hybridized carbons (Fsp3) is 0.429. The van der Waals surface area contributed by atoms with Crippen LogP contribution in [0.5, 0.6) is 0 Å². The summed E-state index contributed by atoms with van der Waals surface area (Å²) < 4.78 is 0. The Hall–Kier alpha value is -2.04. The summed E-state index contributed by atoms with van der Waals surface area (Å²) in [4.78, 5) is 18.2. The minimum absolute atomic E-state index is 0.0281. The van der Waals surface area contributed by atoms with Crippen molar-refractivity contribution in [3.63, 3.8) is 0 Å². The fourth-order valence-electron chi connectivity index (χ4n) is 1.99. The van der Waals surface area contributed by atoms with Crippen molar-refractivity contribution >= 4 is 11.9 Å². The molecule has 1 amide bonds. The van der Waals surface area contributed by atoms with Gasteiger partial charge in [-0.2, -0.15) is 0 Å². The van der Waals surface area contributed by atoms with Crippen molar-refractivity contribution in [2.75, 3.05) is 26.7 Å². The molecule has 0 radical (unpaired) electrons. The van der Waals surface area contributed by atoms with Gasteiger partial charge in [-0.1, -0.05) is 12.1 Å². The minimum atomic E-state index is -0.0281. The maximum atomic E-state index is 11.7. The maximum absolute atomic E-state index is 11.7. The van der Waals surface area contributed by atoms with Crippen LogP contribution in [-0.4, -0.2) is 43.4 Å². The van der Waals surface area contributed by atoms with E-state index in [1.54, 1.807) is 0 Å². The summed E-state index contributed by atoms with van der Waals surface area (Å²) in [7, 11) is 2.02. The number of nitrogens with zero attached hydrogens (tertiary/aromatic N) is 2. The van der Waals surface area contributed by atoms with Gasteiger partial charge in [-0.3, -0.25) is 9.79 Å². The second kappa shape index (κ2) is 6.22. The monoisotopic (exact) mass is 260 g/mol. The van der Waals surface area contributed by atoms with E-state index in [0.717, 1.165) is 24.6 Å². The number of carbonyl (C=O) groups is 1. The van der Waals surface area contributed by atoms with Crippen molar-refractivity contribution < 1.29 is 4.79 Å². The van der Waals surface area contributed by atoms with Crippen molar-refractivity contribution in [3.8, 4) is 0 Å². The van der Waals surface area contributed by atoms with Gasteiger partial charge in [0.1, 0.15) is 0 Å². The number of carbonyl (C=O) groups excluding carboxylic acids is 1. The Morgan fingerprint density at radius 2 is 2.32 bits per heavy atom. The minimum Gasteiger partial charge on any atom is -0.352 e. The summed E-state index contributed by atoms with van der Waals surface area (Å²) in [5, 5.41) is 6.09. The molecule has 2 N–H and O–H groups in total. The van der Waals surface area contributed by atoms with Crippen LogP contribution in [0.2, 0.25) is 0 Å². The summed E-state index contributed by atoms with van der Waals surface area (Å²) in [5.41, 5.74) is 1.77. The lowest BCUT2D eigenvalue weighted by atomic mass is 10.1. The molecule has 0 atom stereocenters. The van der Waals surface area contributed by atoms with Crippen LogP contribution >= 0.6 is 0 Å². The first-order chi connectivity index (χ1) is 9.20. The van der Waals surface area contributed by atoms with Gasteiger partial charge >= 0.3 is 0 Å². The Bertz CT molecular complexity index is 484. The first-order valence-corrected chi connectivity index (χ1v) is 6.57. The molecule has 0 aliphatic carbocycles. The van der Waals surface area contributed by atoms with E-state index in [0.29, 0.717) is 18.7 Å². The highest BCUT2D eigenvalue weighted by Crippen LogP contribution is 2.06. The van der Waals surface area contributed by atoms with Gasteiger partial charge in [0.15, 0.2) is 5.96 Å². The Morgan fingerprint density at radius 3 is 3.00 bits per heavy atom. The smallest absolute Gasteiger partial charge is 0.251 e. The first kappa shape index (κ1) is 13.4. The van der Waals surface area contributed by atoms with Gasteiger partial charge in [-0.05, 0) is 24.6 Å². The van der Waals surface area contributed by atoms with E-state index in [-0.39, 0.29) is 5.91 Å². The van der Waals surface area contributed by atoms with E-state index >= 15 is 0 Å². The van der Waals surface area contributed by atoms with Gasteiger partial charge in [0.25, 0.3) is 5.91 Å². The molecular formula is C14H20N4O. The highest BCUT2D eigenvalue weighted by molar-refractivity contribution is 5.94. The largest absolute Gasteiger partial charge is 0.352 e. The number of rotatable bonds is 4. The van der Waals surface area contributed by atoms with Crippen LogP contribution in [0.15, 0.2) is 29.3 Å². The van der Waals surface area contributed by atoms with Gasteiger partial charge in [0, 0.05) is 32.2 Å². The average Bonchev–Trinajstić information content (AvgIpc) is 2.82. The summed E-state index contributed by atoms with van der Waals surface area (Å²) in [5.74, 6) is 0.892. The standard InChI is InChI=1S/C14H20N4O/c1-3-15-13(19)12-6-4-5-11(9-12)10-17-14-16-7-8-18(14)2/h4-6,9H,3,7-8,10H2,1-2H3,(H,15,19)(H,16,17). The van der Waals surface area contributed by atoms with Crippen LogP contribution in [0, 0.1) is 0 Å². The molecule has 1 heterocycles. The third-order valence-electron chi connectivity index (χ3n) is 3.04. The Kier molecular flexibility index (Phi) is 4.39. The topological polar surface area (TPSA) is 56.7 Å². The third kappa shape index (κ3) is 3.47. The van der Waals surface area contributed by atoms with Crippen LogP contribution in [0.4, 0.5) is 0 Å². The number of nitrogens with one attached hydrogen (secondary N) is 2. The molecule has 1 aliphatic heterocycles. The average molecular weight is 260 g/mol. The quantitative estimate of drug-likeness (QED) is 0.843. The van der Waals surface area contributed by atoms with Crippen LogP contribution in [0.25, 0.3) is 0 Å². The molecule has 102 valence electrons. The van der Waals surface area contributed by atoms with Crippen LogP contribution in [0.3, 0.4) is 0 Å². The number of amides is 1. The summed E-state index contributed by atoms with van der Waals surface area (Å²) in [6.45, 7) is 5.04. The summed E-state index contributed by atoms with van der Waals surface area (Å²) in [6, 6.07) is 7.65. The number of aliphatic imine (C=N–C) groups is 1. The molecule has 0 spiro atoms. The molecule has 0 aromatic heterocycles. The SMILES string of the molecule is CCNC(=O)c1cccc(CNC2=NCCN2C)c1. The Balaban J connectivity index is 1.97. The van der Waals surface area contributed by atoms with Crippen molar-refractivity contribution in [2.24, 2.45) is 4.99 Å². The van der Waals surface area contributed by atoms with E-state index in [2.05, 4.69) is 20.5 Å². The normalized spacial score (nSPS) is 14.2. The first-order valence-electron chi connectivity index (χ1n) is 6.57.